The van der Waals surface area contributed by atoms with Crippen LogP contribution in [0.5, 0.6) is 11.5 Å². The minimum absolute atomic E-state index is 0.315. The predicted octanol–water partition coefficient (Wildman–Crippen LogP) is 3.10. The van der Waals surface area contributed by atoms with E-state index in [9.17, 15) is 4.79 Å². The number of methoxy groups -OCH3 is 2. The van der Waals surface area contributed by atoms with E-state index in [1.54, 1.807) is 18.2 Å². The average Bonchev–Trinajstić information content (AvgIpc) is 2.54. The van der Waals surface area contributed by atoms with Crippen LogP contribution in [-0.2, 0) is 11.2 Å². The molecular formula is C17H18O4. The fourth-order valence-corrected chi connectivity index (χ4v) is 2.03. The van der Waals surface area contributed by atoms with Crippen LogP contribution in [0.15, 0.2) is 48.5 Å². The molecule has 0 amide bonds. The summed E-state index contributed by atoms with van der Waals surface area (Å²) in [5.74, 6) is 0.443. The van der Waals surface area contributed by atoms with Gasteiger partial charge in [0, 0.05) is 6.42 Å². The molecular weight excluding hydrogens is 268 g/mol. The maximum Gasteiger partial charge on any atom is 0.345 e. The minimum atomic E-state index is -0.470. The van der Waals surface area contributed by atoms with Crippen LogP contribution in [0, 0.1) is 0 Å². The van der Waals surface area contributed by atoms with Crippen molar-refractivity contribution in [3.05, 3.63) is 59.7 Å². The molecule has 21 heavy (non-hydrogen) atoms. The molecule has 0 unspecified atom stereocenters. The summed E-state index contributed by atoms with van der Waals surface area (Å²) in [7, 11) is 2.85. The highest BCUT2D eigenvalue weighted by Crippen LogP contribution is 2.29. The number of esters is 1. The second-order valence-corrected chi connectivity index (χ2v) is 4.41. The fraction of sp³-hybridized carbons (Fsp3) is 0.235. The van der Waals surface area contributed by atoms with Crippen LogP contribution >= 0.6 is 0 Å². The molecule has 2 rings (SSSR count). The molecule has 4 nitrogen and oxygen atoms in total. The van der Waals surface area contributed by atoms with Gasteiger partial charge in [0.15, 0.2) is 0 Å². The zero-order chi connectivity index (χ0) is 15.1. The highest BCUT2D eigenvalue weighted by Gasteiger charge is 2.18. The highest BCUT2D eigenvalue weighted by atomic mass is 16.5. The molecule has 0 aliphatic heterocycles. The third-order valence-electron chi connectivity index (χ3n) is 3.09. The summed E-state index contributed by atoms with van der Waals surface area (Å²) < 4.78 is 15.7. The van der Waals surface area contributed by atoms with Gasteiger partial charge < -0.3 is 14.2 Å². The van der Waals surface area contributed by atoms with E-state index in [1.165, 1.54) is 19.8 Å². The van der Waals surface area contributed by atoms with Gasteiger partial charge in [-0.2, -0.15) is 0 Å². The third kappa shape index (κ3) is 3.75. The van der Waals surface area contributed by atoms with Crippen LogP contribution < -0.4 is 9.47 Å². The lowest BCUT2D eigenvalue weighted by molar-refractivity contribution is 0.0592. The van der Waals surface area contributed by atoms with Gasteiger partial charge in [-0.15, -0.1) is 0 Å². The molecule has 0 heterocycles. The maximum absolute atomic E-state index is 11.9. The number of rotatable bonds is 6. The van der Waals surface area contributed by atoms with E-state index in [1.807, 2.05) is 30.3 Å². The third-order valence-corrected chi connectivity index (χ3v) is 3.09. The van der Waals surface area contributed by atoms with E-state index in [0.29, 0.717) is 23.7 Å². The Bertz CT molecular complexity index is 593. The highest BCUT2D eigenvalue weighted by molar-refractivity contribution is 5.95. The number of benzene rings is 2. The van der Waals surface area contributed by atoms with Gasteiger partial charge in [-0.25, -0.2) is 4.79 Å². The molecule has 0 spiro atoms. The van der Waals surface area contributed by atoms with Crippen molar-refractivity contribution in [1.82, 2.24) is 0 Å². The average molecular weight is 286 g/mol. The van der Waals surface area contributed by atoms with E-state index in [0.717, 1.165) is 6.42 Å². The fourth-order valence-electron chi connectivity index (χ4n) is 2.03. The second kappa shape index (κ2) is 7.33. The van der Waals surface area contributed by atoms with Crippen molar-refractivity contribution in [2.24, 2.45) is 0 Å². The van der Waals surface area contributed by atoms with E-state index in [4.69, 9.17) is 14.2 Å². The molecule has 0 saturated heterocycles. The number of carbonyl (C=O) groups excluding carboxylic acids is 1. The summed E-state index contributed by atoms with van der Waals surface area (Å²) in [4.78, 5) is 11.9. The van der Waals surface area contributed by atoms with Crippen molar-refractivity contribution in [3.63, 3.8) is 0 Å². The summed E-state index contributed by atoms with van der Waals surface area (Å²) in [6, 6.07) is 15.2. The number of ether oxygens (including phenoxy) is 3. The van der Waals surface area contributed by atoms with E-state index in [2.05, 4.69) is 0 Å². The molecule has 0 atom stereocenters. The van der Waals surface area contributed by atoms with Crippen molar-refractivity contribution < 1.29 is 19.0 Å². The Hall–Kier alpha value is -2.49. The van der Waals surface area contributed by atoms with Gasteiger partial charge in [-0.1, -0.05) is 36.4 Å². The summed E-state index contributed by atoms with van der Waals surface area (Å²) in [5.41, 5.74) is 1.50. The van der Waals surface area contributed by atoms with Gasteiger partial charge in [0.05, 0.1) is 20.8 Å². The number of hydrogen-bond donors (Lipinski definition) is 0. The zero-order valence-corrected chi connectivity index (χ0v) is 12.2. The predicted molar refractivity (Wildman–Crippen MR) is 80.0 cm³/mol. The molecule has 0 aromatic heterocycles. The summed E-state index contributed by atoms with van der Waals surface area (Å²) >= 11 is 0. The van der Waals surface area contributed by atoms with Crippen LogP contribution in [-0.4, -0.2) is 26.8 Å². The summed E-state index contributed by atoms with van der Waals surface area (Å²) in [6.45, 7) is 0.473. The normalized spacial score (nSPS) is 10.0. The lowest BCUT2D eigenvalue weighted by atomic mass is 10.1. The SMILES string of the molecule is COC(=O)c1c(OC)cccc1OCCc1ccccc1. The Morgan fingerprint density at radius 1 is 0.952 bits per heavy atom. The molecule has 0 saturated carbocycles. The van der Waals surface area contributed by atoms with Crippen LogP contribution in [0.1, 0.15) is 15.9 Å². The molecule has 4 heteroatoms. The number of carbonyl (C=O) groups is 1. The molecule has 0 radical (unpaired) electrons. The minimum Gasteiger partial charge on any atom is -0.496 e. The van der Waals surface area contributed by atoms with Crippen molar-refractivity contribution >= 4 is 5.97 Å². The molecule has 2 aromatic rings. The molecule has 0 bridgehead atoms. The van der Waals surface area contributed by atoms with Gasteiger partial charge >= 0.3 is 5.97 Å². The monoisotopic (exact) mass is 286 g/mol. The van der Waals surface area contributed by atoms with Crippen molar-refractivity contribution in [2.75, 3.05) is 20.8 Å². The van der Waals surface area contributed by atoms with E-state index in [-0.39, 0.29) is 0 Å². The van der Waals surface area contributed by atoms with Gasteiger partial charge in [-0.3, -0.25) is 0 Å². The van der Waals surface area contributed by atoms with Crippen molar-refractivity contribution in [3.8, 4) is 11.5 Å². The molecule has 0 fully saturated rings. The van der Waals surface area contributed by atoms with Crippen molar-refractivity contribution in [1.29, 1.82) is 0 Å². The quantitative estimate of drug-likeness (QED) is 0.765. The lowest BCUT2D eigenvalue weighted by Gasteiger charge is -2.13. The van der Waals surface area contributed by atoms with Crippen LogP contribution in [0.3, 0.4) is 0 Å². The Morgan fingerprint density at radius 3 is 2.33 bits per heavy atom. The lowest BCUT2D eigenvalue weighted by Crippen LogP contribution is -2.09. The van der Waals surface area contributed by atoms with Crippen LogP contribution in [0.2, 0.25) is 0 Å². The van der Waals surface area contributed by atoms with Gasteiger partial charge in [0.25, 0.3) is 0 Å². The Morgan fingerprint density at radius 2 is 1.67 bits per heavy atom. The smallest absolute Gasteiger partial charge is 0.345 e. The van der Waals surface area contributed by atoms with Crippen molar-refractivity contribution in [2.45, 2.75) is 6.42 Å². The van der Waals surface area contributed by atoms with E-state index < -0.39 is 5.97 Å². The first-order valence-electron chi connectivity index (χ1n) is 6.68. The first kappa shape index (κ1) is 14.9. The largest absolute Gasteiger partial charge is 0.496 e. The van der Waals surface area contributed by atoms with Crippen LogP contribution in [0.4, 0.5) is 0 Å². The Kier molecular flexibility index (Phi) is 5.21. The van der Waals surface area contributed by atoms with Gasteiger partial charge in [0.2, 0.25) is 0 Å². The molecule has 0 aliphatic rings. The van der Waals surface area contributed by atoms with E-state index >= 15 is 0 Å². The van der Waals surface area contributed by atoms with Gasteiger partial charge in [0.1, 0.15) is 17.1 Å². The molecule has 2 aromatic carbocycles. The van der Waals surface area contributed by atoms with Gasteiger partial charge in [-0.05, 0) is 17.7 Å². The first-order valence-corrected chi connectivity index (χ1v) is 6.68. The molecule has 110 valence electrons. The zero-order valence-electron chi connectivity index (χ0n) is 12.2. The standard InChI is InChI=1S/C17H18O4/c1-19-14-9-6-10-15(16(14)17(18)20-2)21-12-11-13-7-4-3-5-8-13/h3-10H,11-12H2,1-2H3. The maximum atomic E-state index is 11.9. The topological polar surface area (TPSA) is 44.8 Å². The second-order valence-electron chi connectivity index (χ2n) is 4.41. The first-order chi connectivity index (χ1) is 10.3. The Balaban J connectivity index is 2.10. The van der Waals surface area contributed by atoms with Crippen LogP contribution in [0.25, 0.3) is 0 Å². The summed E-state index contributed by atoms with van der Waals surface area (Å²) in [6.07, 6.45) is 0.763. The molecule has 0 N–H and O–H groups in total. The summed E-state index contributed by atoms with van der Waals surface area (Å²) in [5, 5.41) is 0. The number of hydrogen-bond acceptors (Lipinski definition) is 4. The molecule has 0 aliphatic carbocycles. The Labute approximate surface area is 124 Å².